The minimum absolute atomic E-state index is 0.517. The van der Waals surface area contributed by atoms with E-state index in [9.17, 15) is 0 Å². The fourth-order valence-electron chi connectivity index (χ4n) is 2.91. The molecule has 1 fully saturated rings. The Morgan fingerprint density at radius 2 is 1.78 bits per heavy atom. The Labute approximate surface area is 119 Å². The molecule has 0 radical (unpaired) electrons. The van der Waals surface area contributed by atoms with Gasteiger partial charge in [0.25, 0.3) is 0 Å². The van der Waals surface area contributed by atoms with Crippen molar-refractivity contribution in [3.63, 3.8) is 0 Å². The lowest BCUT2D eigenvalue weighted by Gasteiger charge is -2.38. The van der Waals surface area contributed by atoms with E-state index in [1.807, 2.05) is 6.07 Å². The normalized spacial score (nSPS) is 24.0. The molecule has 2 unspecified atom stereocenters. The highest BCUT2D eigenvalue weighted by Crippen LogP contribution is 2.37. The summed E-state index contributed by atoms with van der Waals surface area (Å²) in [4.78, 5) is 2.27. The molecular weight excluding hydrogens is 267 g/mol. The molecule has 1 aliphatic carbocycles. The number of rotatable bonds is 2. The van der Waals surface area contributed by atoms with Crippen molar-refractivity contribution in [1.29, 1.82) is 0 Å². The van der Waals surface area contributed by atoms with Crippen LogP contribution in [0.3, 0.4) is 0 Å². The molecule has 0 saturated heterocycles. The Morgan fingerprint density at radius 3 is 2.44 bits per heavy atom. The molecule has 2 nitrogen and oxygen atoms in total. The number of anilines is 2. The van der Waals surface area contributed by atoms with Gasteiger partial charge in [-0.05, 0) is 30.9 Å². The first-order valence-corrected chi connectivity index (χ1v) is 7.23. The van der Waals surface area contributed by atoms with Gasteiger partial charge in [0.15, 0.2) is 0 Å². The number of hydrogen-bond donors (Lipinski definition) is 1. The maximum atomic E-state index is 6.09. The maximum Gasteiger partial charge on any atom is 0.0615 e. The third-order valence-electron chi connectivity index (χ3n) is 4.01. The zero-order valence-corrected chi connectivity index (χ0v) is 12.4. The van der Waals surface area contributed by atoms with Crippen molar-refractivity contribution in [3.05, 3.63) is 22.2 Å². The zero-order valence-electron chi connectivity index (χ0n) is 10.9. The SMILES string of the molecule is CC1CCCCC1N(C)c1cc(Cl)c(Cl)cc1N. The molecular formula is C14H20Cl2N2. The second kappa shape index (κ2) is 5.58. The van der Waals surface area contributed by atoms with Crippen molar-refractivity contribution in [2.45, 2.75) is 38.6 Å². The second-order valence-corrected chi connectivity index (χ2v) is 6.08. The summed E-state index contributed by atoms with van der Waals surface area (Å²) in [5.74, 6) is 0.692. The minimum atomic E-state index is 0.517. The van der Waals surface area contributed by atoms with E-state index in [0.717, 1.165) is 5.69 Å². The van der Waals surface area contributed by atoms with Gasteiger partial charge in [-0.15, -0.1) is 0 Å². The van der Waals surface area contributed by atoms with Crippen LogP contribution in [0.15, 0.2) is 12.1 Å². The lowest BCUT2D eigenvalue weighted by atomic mass is 9.85. The number of hydrogen-bond acceptors (Lipinski definition) is 2. The topological polar surface area (TPSA) is 29.3 Å². The van der Waals surface area contributed by atoms with Gasteiger partial charge >= 0.3 is 0 Å². The predicted octanol–water partition coefficient (Wildman–Crippen LogP) is 4.59. The zero-order chi connectivity index (χ0) is 13.3. The van der Waals surface area contributed by atoms with Crippen LogP contribution in [0.5, 0.6) is 0 Å². The van der Waals surface area contributed by atoms with Gasteiger partial charge < -0.3 is 10.6 Å². The summed E-state index contributed by atoms with van der Waals surface area (Å²) in [6.45, 7) is 2.31. The third kappa shape index (κ3) is 2.70. The number of nitrogens with two attached hydrogens (primary N) is 1. The Kier molecular flexibility index (Phi) is 4.29. The Balaban J connectivity index is 2.27. The number of nitrogens with zero attached hydrogens (tertiary/aromatic N) is 1. The summed E-state index contributed by atoms with van der Waals surface area (Å²) in [5, 5.41) is 1.08. The molecule has 1 aromatic rings. The highest BCUT2D eigenvalue weighted by atomic mass is 35.5. The van der Waals surface area contributed by atoms with E-state index in [-0.39, 0.29) is 0 Å². The van der Waals surface area contributed by atoms with Crippen LogP contribution in [0.2, 0.25) is 10.0 Å². The average Bonchev–Trinajstić information content (AvgIpc) is 2.33. The molecule has 0 bridgehead atoms. The van der Waals surface area contributed by atoms with E-state index in [0.29, 0.717) is 27.7 Å². The Morgan fingerprint density at radius 1 is 1.17 bits per heavy atom. The third-order valence-corrected chi connectivity index (χ3v) is 4.74. The minimum Gasteiger partial charge on any atom is -0.397 e. The van der Waals surface area contributed by atoms with E-state index in [4.69, 9.17) is 28.9 Å². The van der Waals surface area contributed by atoms with Crippen molar-refractivity contribution in [2.75, 3.05) is 17.7 Å². The van der Waals surface area contributed by atoms with Crippen LogP contribution in [-0.2, 0) is 0 Å². The maximum absolute atomic E-state index is 6.09. The molecule has 1 aromatic carbocycles. The first-order chi connectivity index (χ1) is 8.50. The summed E-state index contributed by atoms with van der Waals surface area (Å²) >= 11 is 12.1. The lowest BCUT2D eigenvalue weighted by Crippen LogP contribution is -2.39. The molecule has 2 rings (SSSR count). The van der Waals surface area contributed by atoms with Gasteiger partial charge in [-0.2, -0.15) is 0 Å². The van der Waals surface area contributed by atoms with E-state index < -0.39 is 0 Å². The first kappa shape index (κ1) is 13.8. The molecule has 1 aliphatic rings. The monoisotopic (exact) mass is 286 g/mol. The van der Waals surface area contributed by atoms with Crippen molar-refractivity contribution < 1.29 is 0 Å². The van der Waals surface area contributed by atoms with Crippen molar-refractivity contribution >= 4 is 34.6 Å². The van der Waals surface area contributed by atoms with Crippen molar-refractivity contribution in [2.24, 2.45) is 5.92 Å². The number of nitrogen functional groups attached to an aromatic ring is 1. The van der Waals surface area contributed by atoms with Crippen LogP contribution in [0.25, 0.3) is 0 Å². The fourth-order valence-corrected chi connectivity index (χ4v) is 3.24. The molecule has 100 valence electrons. The summed E-state index contributed by atoms with van der Waals surface area (Å²) < 4.78 is 0. The number of benzene rings is 1. The molecule has 2 N–H and O–H groups in total. The predicted molar refractivity (Wildman–Crippen MR) is 80.7 cm³/mol. The van der Waals surface area contributed by atoms with Crippen LogP contribution >= 0.6 is 23.2 Å². The van der Waals surface area contributed by atoms with E-state index in [1.165, 1.54) is 25.7 Å². The van der Waals surface area contributed by atoms with Crippen molar-refractivity contribution in [3.8, 4) is 0 Å². The lowest BCUT2D eigenvalue weighted by molar-refractivity contribution is 0.322. The molecule has 0 spiro atoms. The molecule has 1 saturated carbocycles. The summed E-state index contributed by atoms with van der Waals surface area (Å²) in [6, 6.07) is 4.15. The summed E-state index contributed by atoms with van der Waals surface area (Å²) in [5.41, 5.74) is 7.75. The quantitative estimate of drug-likeness (QED) is 0.806. The smallest absolute Gasteiger partial charge is 0.0615 e. The van der Waals surface area contributed by atoms with Gasteiger partial charge in [0, 0.05) is 13.1 Å². The molecule has 0 heterocycles. The summed E-state index contributed by atoms with van der Waals surface area (Å²) in [6.07, 6.45) is 5.14. The van der Waals surface area contributed by atoms with Crippen LogP contribution in [-0.4, -0.2) is 13.1 Å². The van der Waals surface area contributed by atoms with Crippen LogP contribution in [0, 0.1) is 5.92 Å². The van der Waals surface area contributed by atoms with Gasteiger partial charge in [0.1, 0.15) is 0 Å². The molecule has 0 amide bonds. The van der Waals surface area contributed by atoms with Crippen molar-refractivity contribution in [1.82, 2.24) is 0 Å². The highest BCUT2D eigenvalue weighted by molar-refractivity contribution is 6.42. The van der Waals surface area contributed by atoms with Gasteiger partial charge in [0.2, 0.25) is 0 Å². The molecule has 0 aromatic heterocycles. The standard InChI is InChI=1S/C14H20Cl2N2/c1-9-5-3-4-6-13(9)18(2)14-8-11(16)10(15)7-12(14)17/h7-9,13H,3-6,17H2,1-2H3. The largest absolute Gasteiger partial charge is 0.397 e. The van der Waals surface area contributed by atoms with E-state index in [1.54, 1.807) is 6.07 Å². The second-order valence-electron chi connectivity index (χ2n) is 5.27. The van der Waals surface area contributed by atoms with Gasteiger partial charge in [-0.1, -0.05) is 43.0 Å². The van der Waals surface area contributed by atoms with Gasteiger partial charge in [-0.3, -0.25) is 0 Å². The Bertz CT molecular complexity index is 434. The fraction of sp³-hybridized carbons (Fsp3) is 0.571. The Hall–Kier alpha value is -0.600. The highest BCUT2D eigenvalue weighted by Gasteiger charge is 2.26. The van der Waals surface area contributed by atoms with E-state index >= 15 is 0 Å². The van der Waals surface area contributed by atoms with Crippen LogP contribution < -0.4 is 10.6 Å². The van der Waals surface area contributed by atoms with Crippen LogP contribution in [0.1, 0.15) is 32.6 Å². The molecule has 4 heteroatoms. The van der Waals surface area contributed by atoms with Gasteiger partial charge in [-0.25, -0.2) is 0 Å². The molecule has 2 atom stereocenters. The molecule has 18 heavy (non-hydrogen) atoms. The van der Waals surface area contributed by atoms with Crippen LogP contribution in [0.4, 0.5) is 11.4 Å². The first-order valence-electron chi connectivity index (χ1n) is 6.48. The van der Waals surface area contributed by atoms with E-state index in [2.05, 4.69) is 18.9 Å². The summed E-state index contributed by atoms with van der Waals surface area (Å²) in [7, 11) is 2.10. The number of halogens is 2. The van der Waals surface area contributed by atoms with Gasteiger partial charge in [0.05, 0.1) is 21.4 Å². The molecule has 0 aliphatic heterocycles. The average molecular weight is 287 g/mol.